The van der Waals surface area contributed by atoms with Gasteiger partial charge in [0.15, 0.2) is 0 Å². The molecule has 0 radical (unpaired) electrons. The second-order valence-electron chi connectivity index (χ2n) is 8.86. The Kier molecular flexibility index (Phi) is 9.44. The molecule has 1 N–H and O–H groups in total. The van der Waals surface area contributed by atoms with Crippen molar-refractivity contribution in [2.45, 2.75) is 93.3 Å². The molecule has 0 aromatic rings. The van der Waals surface area contributed by atoms with Crippen molar-refractivity contribution in [1.82, 2.24) is 0 Å². The van der Waals surface area contributed by atoms with E-state index in [-0.39, 0.29) is 29.0 Å². The summed E-state index contributed by atoms with van der Waals surface area (Å²) in [7, 11) is 0. The van der Waals surface area contributed by atoms with E-state index < -0.39 is 5.97 Å². The first kappa shape index (κ1) is 22.7. The predicted molar refractivity (Wildman–Crippen MR) is 87.2 cm³/mol. The molecule has 0 aliphatic rings. The van der Waals surface area contributed by atoms with E-state index in [2.05, 4.69) is 20.8 Å². The highest BCUT2D eigenvalue weighted by Gasteiger charge is 2.18. The molecule has 0 saturated heterocycles. The van der Waals surface area contributed by atoms with Crippen LogP contribution in [0.4, 0.5) is 0 Å². The lowest BCUT2D eigenvalue weighted by Gasteiger charge is -2.24. The molecule has 1 unspecified atom stereocenters. The van der Waals surface area contributed by atoms with E-state index in [1.165, 1.54) is 0 Å². The summed E-state index contributed by atoms with van der Waals surface area (Å²) in [4.78, 5) is 20.5. The Morgan fingerprint density at radius 3 is 1.43 bits per heavy atom. The van der Waals surface area contributed by atoms with Crippen LogP contribution >= 0.6 is 0 Å². The van der Waals surface area contributed by atoms with Crippen LogP contribution in [-0.4, -0.2) is 22.3 Å². The summed E-state index contributed by atoms with van der Waals surface area (Å²) in [6.45, 7) is 20.1. The maximum Gasteiger partial charge on any atom is 0.303 e. The van der Waals surface area contributed by atoms with Gasteiger partial charge in [-0.1, -0.05) is 27.7 Å². The first-order valence-electron chi connectivity index (χ1n) is 7.60. The van der Waals surface area contributed by atoms with Gasteiger partial charge in [-0.15, -0.1) is 0 Å². The molecule has 0 aliphatic carbocycles. The Labute approximate surface area is 131 Å². The fourth-order valence-corrected chi connectivity index (χ4v) is 1.67. The summed E-state index contributed by atoms with van der Waals surface area (Å²) in [6, 6.07) is 0. The van der Waals surface area contributed by atoms with Crippen LogP contribution in [-0.2, 0) is 14.6 Å². The van der Waals surface area contributed by atoms with Gasteiger partial charge in [0.2, 0.25) is 0 Å². The summed E-state index contributed by atoms with van der Waals surface area (Å²) < 4.78 is 0. The van der Waals surface area contributed by atoms with Crippen LogP contribution in [0.15, 0.2) is 0 Å². The quantitative estimate of drug-likeness (QED) is 0.582. The van der Waals surface area contributed by atoms with Crippen molar-refractivity contribution in [3.8, 4) is 0 Å². The lowest BCUT2D eigenvalue weighted by Crippen LogP contribution is -2.27. The third-order valence-electron chi connectivity index (χ3n) is 2.03. The summed E-state index contributed by atoms with van der Waals surface area (Å²) in [5.41, 5.74) is -0.185. The van der Waals surface area contributed by atoms with E-state index in [1.807, 2.05) is 48.5 Å². The zero-order chi connectivity index (χ0) is 17.5. The number of aliphatic carboxylic acids is 1. The van der Waals surface area contributed by atoms with Crippen molar-refractivity contribution in [1.29, 1.82) is 0 Å². The first-order chi connectivity index (χ1) is 9.02. The van der Waals surface area contributed by atoms with Crippen LogP contribution in [0.25, 0.3) is 0 Å². The topological polar surface area (TPSA) is 55.8 Å². The predicted octanol–water partition coefficient (Wildman–Crippen LogP) is 5.07. The highest BCUT2D eigenvalue weighted by molar-refractivity contribution is 5.66. The molecule has 0 rings (SSSR count). The van der Waals surface area contributed by atoms with Crippen LogP contribution in [0.2, 0.25) is 0 Å². The number of carboxylic acid groups (broad SMARTS) is 1. The highest BCUT2D eigenvalue weighted by atomic mass is 17.2. The van der Waals surface area contributed by atoms with Gasteiger partial charge < -0.3 is 5.11 Å². The fourth-order valence-electron chi connectivity index (χ4n) is 1.67. The molecule has 0 aromatic carbocycles. The Bertz CT molecular complexity index is 275. The van der Waals surface area contributed by atoms with Crippen LogP contribution < -0.4 is 0 Å². The molecule has 0 aromatic heterocycles. The van der Waals surface area contributed by atoms with Crippen molar-refractivity contribution in [3.05, 3.63) is 0 Å². The minimum Gasteiger partial charge on any atom is -0.481 e. The van der Waals surface area contributed by atoms with E-state index in [0.717, 1.165) is 6.42 Å². The second-order valence-corrected chi connectivity index (χ2v) is 8.86. The van der Waals surface area contributed by atoms with Gasteiger partial charge in [0.1, 0.15) is 0 Å². The SMILES string of the molecule is CC(C)(C)OOC(C)(C)C.CC(CC(=O)O)CC(C)(C)C. The maximum absolute atomic E-state index is 10.3. The molecule has 4 heteroatoms. The van der Waals surface area contributed by atoms with E-state index in [4.69, 9.17) is 14.9 Å². The smallest absolute Gasteiger partial charge is 0.303 e. The van der Waals surface area contributed by atoms with Gasteiger partial charge >= 0.3 is 5.97 Å². The third-order valence-corrected chi connectivity index (χ3v) is 2.03. The van der Waals surface area contributed by atoms with Crippen molar-refractivity contribution in [2.24, 2.45) is 11.3 Å². The van der Waals surface area contributed by atoms with Gasteiger partial charge in [-0.05, 0) is 59.3 Å². The van der Waals surface area contributed by atoms with Gasteiger partial charge in [-0.2, -0.15) is 0 Å². The number of rotatable bonds is 4. The minimum absolute atomic E-state index is 0.215. The van der Waals surface area contributed by atoms with Crippen molar-refractivity contribution >= 4 is 5.97 Å². The summed E-state index contributed by atoms with van der Waals surface area (Å²) in [5, 5.41) is 8.48. The van der Waals surface area contributed by atoms with Crippen molar-refractivity contribution in [3.63, 3.8) is 0 Å². The molecule has 0 aliphatic heterocycles. The number of hydrogen-bond donors (Lipinski definition) is 1. The number of carbonyl (C=O) groups is 1. The largest absolute Gasteiger partial charge is 0.481 e. The monoisotopic (exact) mass is 304 g/mol. The first-order valence-corrected chi connectivity index (χ1v) is 7.60. The molecule has 0 amide bonds. The minimum atomic E-state index is -0.693. The normalized spacial score (nSPS) is 14.2. The lowest BCUT2D eigenvalue weighted by molar-refractivity contribution is -0.393. The average molecular weight is 304 g/mol. The van der Waals surface area contributed by atoms with E-state index in [1.54, 1.807) is 0 Å². The molecule has 4 nitrogen and oxygen atoms in total. The molecule has 1 atom stereocenters. The van der Waals surface area contributed by atoms with Crippen molar-refractivity contribution in [2.75, 3.05) is 0 Å². The summed E-state index contributed by atoms with van der Waals surface area (Å²) in [5.74, 6) is -0.408. The van der Waals surface area contributed by atoms with Crippen LogP contribution in [0, 0.1) is 11.3 Å². The average Bonchev–Trinajstić information content (AvgIpc) is 2.08. The molecule has 0 bridgehead atoms. The number of hydrogen-bond acceptors (Lipinski definition) is 3. The molecule has 0 saturated carbocycles. The summed E-state index contributed by atoms with van der Waals surface area (Å²) in [6.07, 6.45) is 1.26. The molecule has 0 heterocycles. The van der Waals surface area contributed by atoms with Gasteiger partial charge in [-0.3, -0.25) is 4.79 Å². The molecular weight excluding hydrogens is 268 g/mol. The van der Waals surface area contributed by atoms with Gasteiger partial charge in [-0.25, -0.2) is 9.78 Å². The molecule has 0 fully saturated rings. The zero-order valence-corrected chi connectivity index (χ0v) is 15.7. The Balaban J connectivity index is 0. The van der Waals surface area contributed by atoms with Crippen LogP contribution in [0.1, 0.15) is 82.1 Å². The third kappa shape index (κ3) is 24.8. The zero-order valence-electron chi connectivity index (χ0n) is 15.7. The fraction of sp³-hybridized carbons (Fsp3) is 0.941. The molecule has 0 spiro atoms. The van der Waals surface area contributed by atoms with Crippen LogP contribution in [0.5, 0.6) is 0 Å². The molecule has 128 valence electrons. The lowest BCUT2D eigenvalue weighted by atomic mass is 9.84. The molecule has 21 heavy (non-hydrogen) atoms. The maximum atomic E-state index is 10.3. The standard InChI is InChI=1S/C9H18O2.C8H18O2/c1-7(5-8(10)11)6-9(2,3)4;1-7(2,3)9-10-8(4,5)6/h7H,5-6H2,1-4H3,(H,10,11);1-6H3. The molecular formula is C17H36O4. The van der Waals surface area contributed by atoms with Gasteiger partial charge in [0, 0.05) is 6.42 Å². The van der Waals surface area contributed by atoms with E-state index in [0.29, 0.717) is 0 Å². The highest BCUT2D eigenvalue weighted by Crippen LogP contribution is 2.25. The number of carboxylic acids is 1. The van der Waals surface area contributed by atoms with Crippen molar-refractivity contribution < 1.29 is 19.7 Å². The van der Waals surface area contributed by atoms with Crippen LogP contribution in [0.3, 0.4) is 0 Å². The summed E-state index contributed by atoms with van der Waals surface area (Å²) >= 11 is 0. The Hall–Kier alpha value is -0.610. The van der Waals surface area contributed by atoms with E-state index in [9.17, 15) is 4.79 Å². The van der Waals surface area contributed by atoms with E-state index >= 15 is 0 Å². The van der Waals surface area contributed by atoms with Gasteiger partial charge in [0.25, 0.3) is 0 Å². The Morgan fingerprint density at radius 2 is 1.24 bits per heavy atom. The second kappa shape index (κ2) is 8.74. The van der Waals surface area contributed by atoms with Gasteiger partial charge in [0.05, 0.1) is 11.2 Å². The Morgan fingerprint density at radius 1 is 0.905 bits per heavy atom.